The molecule has 1 aromatic carbocycles. The van der Waals surface area contributed by atoms with Crippen LogP contribution in [0, 0.1) is 0 Å². The minimum absolute atomic E-state index is 0.0407. The molecule has 10 nitrogen and oxygen atoms in total. The molecule has 3 aromatic rings. The molecule has 1 amide bonds. The summed E-state index contributed by atoms with van der Waals surface area (Å²) in [5, 5.41) is 15.6. The van der Waals surface area contributed by atoms with Crippen molar-refractivity contribution in [2.75, 3.05) is 5.73 Å². The van der Waals surface area contributed by atoms with E-state index in [-0.39, 0.29) is 23.2 Å². The lowest BCUT2D eigenvalue weighted by Gasteiger charge is -2.13. The molecule has 3 rings (SSSR count). The number of hydrogen-bond acceptors (Lipinski definition) is 8. The summed E-state index contributed by atoms with van der Waals surface area (Å²) in [7, 11) is 0. The number of hydrogen-bond donors (Lipinski definition) is 3. The standard InChI is InChI=1S/C16H17ClN8O2/c1-8(2)13-12(20-24-25(13)15-14(18)22-27-23-15)16(26)21-19-9(3)10-6-4-5-7-11(10)17/h4-8,19H,3H2,1-2H3,(H2,18,22)(H,21,26). The number of rotatable bonds is 6. The largest absolute Gasteiger partial charge is 0.378 e. The van der Waals surface area contributed by atoms with Crippen molar-refractivity contribution in [3.63, 3.8) is 0 Å². The van der Waals surface area contributed by atoms with Crippen LogP contribution in [0.5, 0.6) is 0 Å². The highest BCUT2D eigenvalue weighted by Gasteiger charge is 2.25. The van der Waals surface area contributed by atoms with E-state index < -0.39 is 5.91 Å². The molecule has 140 valence electrons. The maximum absolute atomic E-state index is 12.6. The molecule has 0 aliphatic carbocycles. The van der Waals surface area contributed by atoms with Crippen LogP contribution in [-0.2, 0) is 0 Å². The molecule has 2 heterocycles. The number of carbonyl (C=O) groups excluding carboxylic acids is 1. The third-order valence-corrected chi connectivity index (χ3v) is 4.02. The zero-order chi connectivity index (χ0) is 19.6. The first-order valence-corrected chi connectivity index (χ1v) is 8.32. The Labute approximate surface area is 159 Å². The molecule has 0 radical (unpaired) electrons. The summed E-state index contributed by atoms with van der Waals surface area (Å²) in [5.41, 5.74) is 12.7. The molecule has 11 heteroatoms. The number of nitrogens with zero attached hydrogens (tertiary/aromatic N) is 5. The highest BCUT2D eigenvalue weighted by atomic mass is 35.5. The fourth-order valence-electron chi connectivity index (χ4n) is 2.43. The summed E-state index contributed by atoms with van der Waals surface area (Å²) < 4.78 is 5.92. The van der Waals surface area contributed by atoms with E-state index in [0.29, 0.717) is 22.0 Å². The van der Waals surface area contributed by atoms with Crippen molar-refractivity contribution in [1.82, 2.24) is 36.2 Å². The number of nitrogens with two attached hydrogens (primary N) is 1. The van der Waals surface area contributed by atoms with Crippen molar-refractivity contribution in [2.45, 2.75) is 19.8 Å². The average Bonchev–Trinajstić information content (AvgIpc) is 3.25. The lowest BCUT2D eigenvalue weighted by atomic mass is 10.1. The van der Waals surface area contributed by atoms with Crippen LogP contribution < -0.4 is 16.6 Å². The monoisotopic (exact) mass is 388 g/mol. The van der Waals surface area contributed by atoms with Gasteiger partial charge in [-0.2, -0.15) is 4.68 Å². The average molecular weight is 389 g/mol. The molecular weight excluding hydrogens is 372 g/mol. The van der Waals surface area contributed by atoms with Crippen molar-refractivity contribution in [3.05, 3.63) is 52.8 Å². The number of nitrogens with one attached hydrogen (secondary N) is 2. The van der Waals surface area contributed by atoms with Gasteiger partial charge >= 0.3 is 0 Å². The van der Waals surface area contributed by atoms with Gasteiger partial charge in [-0.25, -0.2) is 4.63 Å². The van der Waals surface area contributed by atoms with Crippen LogP contribution in [0.15, 0.2) is 35.5 Å². The lowest BCUT2D eigenvalue weighted by molar-refractivity contribution is 0.0936. The first-order valence-electron chi connectivity index (χ1n) is 7.94. The van der Waals surface area contributed by atoms with E-state index >= 15 is 0 Å². The van der Waals surface area contributed by atoms with E-state index in [4.69, 9.17) is 17.3 Å². The number of aromatic nitrogens is 5. The van der Waals surface area contributed by atoms with Crippen LogP contribution >= 0.6 is 11.6 Å². The van der Waals surface area contributed by atoms with Crippen molar-refractivity contribution >= 4 is 29.0 Å². The summed E-state index contributed by atoms with van der Waals surface area (Å²) in [5.74, 6) is -0.408. The van der Waals surface area contributed by atoms with Gasteiger partial charge in [0.05, 0.1) is 11.4 Å². The molecule has 0 fully saturated rings. The van der Waals surface area contributed by atoms with Crippen LogP contribution in [-0.4, -0.2) is 31.2 Å². The number of nitrogen functional groups attached to an aromatic ring is 1. The molecule has 2 aromatic heterocycles. The molecular formula is C16H17ClN8O2. The molecule has 0 spiro atoms. The lowest BCUT2D eigenvalue weighted by Crippen LogP contribution is -2.36. The minimum Gasteiger partial charge on any atom is -0.378 e. The first-order chi connectivity index (χ1) is 12.9. The Morgan fingerprint density at radius 2 is 2.04 bits per heavy atom. The predicted octanol–water partition coefficient (Wildman–Crippen LogP) is 1.91. The smallest absolute Gasteiger partial charge is 0.292 e. The second kappa shape index (κ2) is 7.46. The van der Waals surface area contributed by atoms with Gasteiger partial charge in [-0.15, -0.1) is 5.10 Å². The minimum atomic E-state index is -0.506. The van der Waals surface area contributed by atoms with Crippen LogP contribution in [0.3, 0.4) is 0 Å². The van der Waals surface area contributed by atoms with Crippen LogP contribution in [0.1, 0.15) is 41.5 Å². The van der Waals surface area contributed by atoms with E-state index in [0.717, 1.165) is 0 Å². The third-order valence-electron chi connectivity index (χ3n) is 3.69. The molecule has 0 atom stereocenters. The molecule has 0 bridgehead atoms. The molecule has 0 aliphatic heterocycles. The normalized spacial score (nSPS) is 10.8. The molecule has 0 saturated carbocycles. The van der Waals surface area contributed by atoms with Gasteiger partial charge in [0.25, 0.3) is 5.91 Å². The summed E-state index contributed by atoms with van der Waals surface area (Å²) >= 11 is 6.12. The molecule has 0 aliphatic rings. The SMILES string of the molecule is C=C(NNC(=O)c1nnn(-c2nonc2N)c1C(C)C)c1ccccc1Cl. The van der Waals surface area contributed by atoms with E-state index in [1.165, 1.54) is 4.68 Å². The second-order valence-corrected chi connectivity index (χ2v) is 6.31. The highest BCUT2D eigenvalue weighted by Crippen LogP contribution is 2.23. The summed E-state index contributed by atoms with van der Waals surface area (Å²) in [6.07, 6.45) is 0. The van der Waals surface area contributed by atoms with Gasteiger partial charge in [-0.1, -0.05) is 55.4 Å². The third kappa shape index (κ3) is 3.60. The fraction of sp³-hybridized carbons (Fsp3) is 0.188. The van der Waals surface area contributed by atoms with Crippen molar-refractivity contribution in [1.29, 1.82) is 0 Å². The second-order valence-electron chi connectivity index (χ2n) is 5.90. The van der Waals surface area contributed by atoms with Gasteiger partial charge in [0, 0.05) is 10.6 Å². The van der Waals surface area contributed by atoms with E-state index in [1.54, 1.807) is 18.2 Å². The molecule has 27 heavy (non-hydrogen) atoms. The Bertz CT molecular complexity index is 994. The number of anilines is 1. The van der Waals surface area contributed by atoms with Crippen molar-refractivity contribution in [3.8, 4) is 5.82 Å². The molecule has 0 saturated heterocycles. The quantitative estimate of drug-likeness (QED) is 0.544. The number of benzene rings is 1. The number of amides is 1. The van der Waals surface area contributed by atoms with Crippen molar-refractivity contribution in [2.24, 2.45) is 0 Å². The van der Waals surface area contributed by atoms with E-state index in [1.807, 2.05) is 19.9 Å². The van der Waals surface area contributed by atoms with Crippen LogP contribution in [0.4, 0.5) is 5.82 Å². The number of hydrazine groups is 1. The molecule has 4 N–H and O–H groups in total. The Hall–Kier alpha value is -3.40. The fourth-order valence-corrected chi connectivity index (χ4v) is 2.68. The Kier molecular flexibility index (Phi) is 5.08. The van der Waals surface area contributed by atoms with Crippen LogP contribution in [0.25, 0.3) is 11.5 Å². The van der Waals surface area contributed by atoms with Gasteiger partial charge in [-0.05, 0) is 22.3 Å². The van der Waals surface area contributed by atoms with Gasteiger partial charge < -0.3 is 5.73 Å². The molecule has 0 unspecified atom stereocenters. The zero-order valence-corrected chi connectivity index (χ0v) is 15.4. The maximum Gasteiger partial charge on any atom is 0.292 e. The summed E-state index contributed by atoms with van der Waals surface area (Å²) in [4.78, 5) is 12.6. The predicted molar refractivity (Wildman–Crippen MR) is 98.8 cm³/mol. The Balaban J connectivity index is 1.81. The topological polar surface area (TPSA) is 137 Å². The van der Waals surface area contributed by atoms with Gasteiger partial charge in [-0.3, -0.25) is 15.6 Å². The number of halogens is 1. The zero-order valence-electron chi connectivity index (χ0n) is 14.6. The Morgan fingerprint density at radius 3 is 2.67 bits per heavy atom. The highest BCUT2D eigenvalue weighted by molar-refractivity contribution is 6.32. The number of carbonyl (C=O) groups is 1. The van der Waals surface area contributed by atoms with Crippen LogP contribution in [0.2, 0.25) is 5.02 Å². The van der Waals surface area contributed by atoms with E-state index in [9.17, 15) is 4.79 Å². The maximum atomic E-state index is 12.6. The van der Waals surface area contributed by atoms with Gasteiger partial charge in [0.2, 0.25) is 11.6 Å². The Morgan fingerprint density at radius 1 is 1.30 bits per heavy atom. The summed E-state index contributed by atoms with van der Waals surface area (Å²) in [6, 6.07) is 7.12. The first kappa shape index (κ1) is 18.4. The van der Waals surface area contributed by atoms with Gasteiger partial charge in [0.15, 0.2) is 5.69 Å². The van der Waals surface area contributed by atoms with E-state index in [2.05, 4.69) is 42.7 Å². The summed E-state index contributed by atoms with van der Waals surface area (Å²) in [6.45, 7) is 7.63. The van der Waals surface area contributed by atoms with Gasteiger partial charge in [0.1, 0.15) is 0 Å². The van der Waals surface area contributed by atoms with Crippen molar-refractivity contribution < 1.29 is 9.42 Å².